The van der Waals surface area contributed by atoms with E-state index in [1.807, 2.05) is 37.3 Å². The van der Waals surface area contributed by atoms with Gasteiger partial charge in [0.05, 0.1) is 13.7 Å². The maximum absolute atomic E-state index is 12.2. The summed E-state index contributed by atoms with van der Waals surface area (Å²) in [5.41, 5.74) is 2.87. The smallest absolute Gasteiger partial charge is 0.248 e. The topological polar surface area (TPSA) is 50.8 Å². The Morgan fingerprint density at radius 3 is 2.52 bits per heavy atom. The summed E-state index contributed by atoms with van der Waals surface area (Å²) in [6.45, 7) is 4.72. The molecule has 0 radical (unpaired) electrons. The minimum absolute atomic E-state index is 0.170. The fraction of sp³-hybridized carbons (Fsp3) is 0.318. The first-order valence-corrected chi connectivity index (χ1v) is 9.34. The molecule has 5 nitrogen and oxygen atoms in total. The predicted octanol–water partition coefficient (Wildman–Crippen LogP) is 4.35. The lowest BCUT2D eigenvalue weighted by Gasteiger charge is -2.17. The molecule has 0 bridgehead atoms. The quantitative estimate of drug-likeness (QED) is 0.741. The fourth-order valence-electron chi connectivity index (χ4n) is 3.15. The first-order chi connectivity index (χ1) is 13.2. The number of rotatable bonds is 7. The highest BCUT2D eigenvalue weighted by Gasteiger charge is 2.12. The molecule has 0 saturated carbocycles. The van der Waals surface area contributed by atoms with Crippen molar-refractivity contribution in [1.82, 2.24) is 0 Å². The molecule has 0 spiro atoms. The highest BCUT2D eigenvalue weighted by Crippen LogP contribution is 2.28. The molecular formula is C22H26N2O3. The lowest BCUT2D eigenvalue weighted by Crippen LogP contribution is -2.17. The van der Waals surface area contributed by atoms with Crippen LogP contribution in [0.25, 0.3) is 6.08 Å². The van der Waals surface area contributed by atoms with Gasteiger partial charge in [0.1, 0.15) is 0 Å². The van der Waals surface area contributed by atoms with Crippen molar-refractivity contribution in [3.63, 3.8) is 0 Å². The molecule has 0 aromatic heterocycles. The summed E-state index contributed by atoms with van der Waals surface area (Å²) < 4.78 is 10.8. The van der Waals surface area contributed by atoms with E-state index in [0.717, 1.165) is 24.3 Å². The van der Waals surface area contributed by atoms with Crippen LogP contribution in [-0.4, -0.2) is 32.7 Å². The molecule has 0 aliphatic carbocycles. The Kier molecular flexibility index (Phi) is 6.36. The average molecular weight is 366 g/mol. The highest BCUT2D eigenvalue weighted by atomic mass is 16.5. The summed E-state index contributed by atoms with van der Waals surface area (Å²) in [4.78, 5) is 14.6. The van der Waals surface area contributed by atoms with E-state index in [4.69, 9.17) is 9.47 Å². The zero-order chi connectivity index (χ0) is 19.1. The molecule has 1 aliphatic rings. The van der Waals surface area contributed by atoms with Crippen molar-refractivity contribution in [3.8, 4) is 11.5 Å². The average Bonchev–Trinajstić information content (AvgIpc) is 3.23. The van der Waals surface area contributed by atoms with Crippen molar-refractivity contribution in [2.75, 3.05) is 37.0 Å². The van der Waals surface area contributed by atoms with Crippen molar-refractivity contribution >= 4 is 23.4 Å². The molecule has 1 N–H and O–H groups in total. The number of carbonyl (C=O) groups is 1. The van der Waals surface area contributed by atoms with Crippen molar-refractivity contribution in [3.05, 3.63) is 54.1 Å². The summed E-state index contributed by atoms with van der Waals surface area (Å²) in [7, 11) is 1.60. The molecule has 1 heterocycles. The maximum atomic E-state index is 12.2. The molecule has 1 saturated heterocycles. The van der Waals surface area contributed by atoms with Gasteiger partial charge >= 0.3 is 0 Å². The van der Waals surface area contributed by atoms with Crippen LogP contribution >= 0.6 is 0 Å². The molecule has 1 aliphatic heterocycles. The second-order valence-corrected chi connectivity index (χ2v) is 6.41. The van der Waals surface area contributed by atoms with Crippen molar-refractivity contribution < 1.29 is 14.3 Å². The summed E-state index contributed by atoms with van der Waals surface area (Å²) >= 11 is 0. The second kappa shape index (κ2) is 9.12. The zero-order valence-electron chi connectivity index (χ0n) is 15.9. The van der Waals surface area contributed by atoms with Gasteiger partial charge in [-0.25, -0.2) is 0 Å². The lowest BCUT2D eigenvalue weighted by molar-refractivity contribution is -0.111. The van der Waals surface area contributed by atoms with E-state index in [1.54, 1.807) is 13.2 Å². The van der Waals surface area contributed by atoms with Gasteiger partial charge in [0.15, 0.2) is 11.5 Å². The molecule has 2 aromatic carbocycles. The number of hydrogen-bond donors (Lipinski definition) is 1. The third-order valence-corrected chi connectivity index (χ3v) is 4.52. The summed E-state index contributed by atoms with van der Waals surface area (Å²) in [6, 6.07) is 13.6. The molecule has 5 heteroatoms. The number of ether oxygens (including phenoxy) is 2. The Hall–Kier alpha value is -2.95. The molecule has 1 fully saturated rings. The van der Waals surface area contributed by atoms with E-state index in [-0.39, 0.29) is 5.91 Å². The zero-order valence-corrected chi connectivity index (χ0v) is 15.9. The van der Waals surface area contributed by atoms with Crippen LogP contribution in [0.3, 0.4) is 0 Å². The lowest BCUT2D eigenvalue weighted by atomic mass is 10.2. The fourth-order valence-corrected chi connectivity index (χ4v) is 3.15. The number of anilines is 2. The molecule has 0 unspecified atom stereocenters. The molecule has 2 aromatic rings. The standard InChI is InChI=1S/C22H26N2O3/c1-3-27-20-12-6-17(16-21(20)26-2)7-13-22(25)23-18-8-10-19(11-9-18)24-14-4-5-15-24/h6-13,16H,3-5,14-15H2,1-2H3,(H,23,25)/b13-7+. The number of nitrogens with zero attached hydrogens (tertiary/aromatic N) is 1. The van der Waals surface area contributed by atoms with Gasteiger partial charge in [-0.3, -0.25) is 4.79 Å². The number of methoxy groups -OCH3 is 1. The van der Waals surface area contributed by atoms with Crippen LogP contribution in [0.2, 0.25) is 0 Å². The van der Waals surface area contributed by atoms with Gasteiger partial charge in [0.2, 0.25) is 5.91 Å². The van der Waals surface area contributed by atoms with Crippen molar-refractivity contribution in [1.29, 1.82) is 0 Å². The van der Waals surface area contributed by atoms with Gasteiger partial charge in [0, 0.05) is 30.5 Å². The monoisotopic (exact) mass is 366 g/mol. The predicted molar refractivity (Wildman–Crippen MR) is 110 cm³/mol. The van der Waals surface area contributed by atoms with E-state index in [2.05, 4.69) is 22.3 Å². The molecular weight excluding hydrogens is 340 g/mol. The van der Waals surface area contributed by atoms with Crippen LogP contribution in [0.15, 0.2) is 48.5 Å². The Morgan fingerprint density at radius 1 is 1.11 bits per heavy atom. The van der Waals surface area contributed by atoms with Crippen LogP contribution in [-0.2, 0) is 4.79 Å². The van der Waals surface area contributed by atoms with Crippen LogP contribution in [0.4, 0.5) is 11.4 Å². The molecule has 1 amide bonds. The molecule has 0 atom stereocenters. The SMILES string of the molecule is CCOc1ccc(/C=C/C(=O)Nc2ccc(N3CCCC3)cc2)cc1OC. The summed E-state index contributed by atoms with van der Waals surface area (Å²) in [5.74, 6) is 1.17. The van der Waals surface area contributed by atoms with Crippen LogP contribution in [0, 0.1) is 0 Å². The van der Waals surface area contributed by atoms with Gasteiger partial charge in [-0.05, 0) is 67.8 Å². The second-order valence-electron chi connectivity index (χ2n) is 6.41. The first kappa shape index (κ1) is 18.8. The highest BCUT2D eigenvalue weighted by molar-refractivity contribution is 6.02. The van der Waals surface area contributed by atoms with Gasteiger partial charge < -0.3 is 19.7 Å². The molecule has 3 rings (SSSR count). The van der Waals surface area contributed by atoms with E-state index >= 15 is 0 Å². The third-order valence-electron chi connectivity index (χ3n) is 4.52. The number of benzene rings is 2. The van der Waals surface area contributed by atoms with Crippen LogP contribution in [0.1, 0.15) is 25.3 Å². The molecule has 27 heavy (non-hydrogen) atoms. The Labute approximate surface area is 160 Å². The third kappa shape index (κ3) is 5.03. The number of hydrogen-bond acceptors (Lipinski definition) is 4. The minimum atomic E-state index is -0.170. The van der Waals surface area contributed by atoms with E-state index in [9.17, 15) is 4.79 Å². The Bertz CT molecular complexity index is 794. The first-order valence-electron chi connectivity index (χ1n) is 9.34. The number of carbonyl (C=O) groups excluding carboxylic acids is 1. The van der Waals surface area contributed by atoms with Gasteiger partial charge in [-0.1, -0.05) is 6.07 Å². The van der Waals surface area contributed by atoms with Gasteiger partial charge in [-0.2, -0.15) is 0 Å². The van der Waals surface area contributed by atoms with Gasteiger partial charge in [0.25, 0.3) is 0 Å². The normalized spacial score (nSPS) is 13.8. The largest absolute Gasteiger partial charge is 0.493 e. The maximum Gasteiger partial charge on any atom is 0.248 e. The van der Waals surface area contributed by atoms with E-state index in [1.165, 1.54) is 24.6 Å². The van der Waals surface area contributed by atoms with Crippen molar-refractivity contribution in [2.24, 2.45) is 0 Å². The van der Waals surface area contributed by atoms with E-state index in [0.29, 0.717) is 18.1 Å². The Morgan fingerprint density at radius 2 is 1.85 bits per heavy atom. The summed E-state index contributed by atoms with van der Waals surface area (Å²) in [5, 5.41) is 2.89. The van der Waals surface area contributed by atoms with E-state index < -0.39 is 0 Å². The number of nitrogens with one attached hydrogen (secondary N) is 1. The van der Waals surface area contributed by atoms with Crippen LogP contribution in [0.5, 0.6) is 11.5 Å². The molecule has 142 valence electrons. The number of amides is 1. The Balaban J connectivity index is 1.60. The summed E-state index contributed by atoms with van der Waals surface area (Å²) in [6.07, 6.45) is 5.77. The van der Waals surface area contributed by atoms with Gasteiger partial charge in [-0.15, -0.1) is 0 Å². The van der Waals surface area contributed by atoms with Crippen LogP contribution < -0.4 is 19.7 Å². The van der Waals surface area contributed by atoms with Crippen molar-refractivity contribution in [2.45, 2.75) is 19.8 Å². The minimum Gasteiger partial charge on any atom is -0.493 e.